The monoisotopic (exact) mass is 378 g/mol. The van der Waals surface area contributed by atoms with Crippen molar-refractivity contribution in [3.8, 4) is 0 Å². The molecule has 0 fully saturated rings. The summed E-state index contributed by atoms with van der Waals surface area (Å²) in [5.41, 5.74) is 1.34. The van der Waals surface area contributed by atoms with E-state index in [1.807, 2.05) is 30.3 Å². The molecule has 0 radical (unpaired) electrons. The molecule has 26 heavy (non-hydrogen) atoms. The van der Waals surface area contributed by atoms with Crippen LogP contribution in [0, 0.1) is 5.82 Å². The van der Waals surface area contributed by atoms with E-state index in [0.717, 1.165) is 5.56 Å². The fourth-order valence-corrected chi connectivity index (χ4v) is 3.54. The number of sulfonamides is 1. The van der Waals surface area contributed by atoms with E-state index >= 15 is 0 Å². The predicted octanol–water partition coefficient (Wildman–Crippen LogP) is 2.34. The number of carbonyl (C=O) groups excluding carboxylic acids is 1. The molecule has 0 aliphatic carbocycles. The molecule has 2 rings (SSSR count). The van der Waals surface area contributed by atoms with Gasteiger partial charge in [0.05, 0.1) is 5.75 Å². The van der Waals surface area contributed by atoms with Crippen molar-refractivity contribution in [2.75, 3.05) is 18.8 Å². The molecule has 2 aromatic rings. The molecular formula is C19H23FN2O3S. The lowest BCUT2D eigenvalue weighted by Crippen LogP contribution is -2.38. The van der Waals surface area contributed by atoms with Crippen LogP contribution in [0.25, 0.3) is 0 Å². The number of carbonyl (C=O) groups is 1. The Morgan fingerprint density at radius 2 is 1.73 bits per heavy atom. The second-order valence-corrected chi connectivity index (χ2v) is 7.91. The number of rotatable bonds is 9. The first-order valence-corrected chi connectivity index (χ1v) is 10.0. The molecule has 5 nitrogen and oxygen atoms in total. The lowest BCUT2D eigenvalue weighted by atomic mass is 10.2. The highest BCUT2D eigenvalue weighted by molar-refractivity contribution is 7.89. The van der Waals surface area contributed by atoms with Gasteiger partial charge in [-0.3, -0.25) is 4.79 Å². The number of nitrogens with zero attached hydrogens (tertiary/aromatic N) is 1. The zero-order valence-electron chi connectivity index (χ0n) is 14.7. The Labute approximate surface area is 153 Å². The summed E-state index contributed by atoms with van der Waals surface area (Å²) in [5.74, 6) is -0.649. The zero-order valence-corrected chi connectivity index (χ0v) is 15.5. The third-order valence-electron chi connectivity index (χ3n) is 3.97. The van der Waals surface area contributed by atoms with Gasteiger partial charge in [0.2, 0.25) is 15.9 Å². The van der Waals surface area contributed by atoms with Crippen molar-refractivity contribution in [2.24, 2.45) is 0 Å². The number of amides is 1. The Balaban J connectivity index is 1.85. The number of nitrogens with one attached hydrogen (secondary N) is 1. The molecule has 0 aromatic heterocycles. The van der Waals surface area contributed by atoms with Gasteiger partial charge < -0.3 is 4.90 Å². The first-order valence-electron chi connectivity index (χ1n) is 8.37. The van der Waals surface area contributed by atoms with E-state index < -0.39 is 10.0 Å². The molecule has 0 aliphatic rings. The highest BCUT2D eigenvalue weighted by Crippen LogP contribution is 2.10. The highest BCUT2D eigenvalue weighted by Gasteiger charge is 2.14. The summed E-state index contributed by atoms with van der Waals surface area (Å²) in [6, 6.07) is 15.6. The van der Waals surface area contributed by atoms with Gasteiger partial charge in [-0.1, -0.05) is 48.5 Å². The number of halogens is 1. The van der Waals surface area contributed by atoms with Crippen LogP contribution < -0.4 is 4.72 Å². The molecule has 0 unspecified atom stereocenters. The largest absolute Gasteiger partial charge is 0.337 e. The topological polar surface area (TPSA) is 66.5 Å². The Morgan fingerprint density at radius 1 is 1.08 bits per heavy atom. The van der Waals surface area contributed by atoms with Crippen molar-refractivity contribution < 1.29 is 17.6 Å². The van der Waals surface area contributed by atoms with Gasteiger partial charge in [0.15, 0.2) is 0 Å². The van der Waals surface area contributed by atoms with Crippen molar-refractivity contribution in [1.29, 1.82) is 0 Å². The summed E-state index contributed by atoms with van der Waals surface area (Å²) in [5, 5.41) is 0. The Bertz CT molecular complexity index is 826. The maximum absolute atomic E-state index is 13.7. The first kappa shape index (κ1) is 20.1. The van der Waals surface area contributed by atoms with Gasteiger partial charge in [-0.25, -0.2) is 17.5 Å². The predicted molar refractivity (Wildman–Crippen MR) is 99.4 cm³/mol. The molecule has 0 atom stereocenters. The van der Waals surface area contributed by atoms with E-state index in [1.165, 1.54) is 17.9 Å². The summed E-state index contributed by atoms with van der Waals surface area (Å²) in [6.45, 7) is 1.75. The third-order valence-corrected chi connectivity index (χ3v) is 5.36. The summed E-state index contributed by atoms with van der Waals surface area (Å²) >= 11 is 0. The van der Waals surface area contributed by atoms with Gasteiger partial charge in [0, 0.05) is 32.1 Å². The maximum Gasteiger partial charge on any atom is 0.219 e. The maximum atomic E-state index is 13.7. The van der Waals surface area contributed by atoms with Crippen molar-refractivity contribution in [3.05, 3.63) is 71.5 Å². The van der Waals surface area contributed by atoms with E-state index in [0.29, 0.717) is 12.0 Å². The highest BCUT2D eigenvalue weighted by atomic mass is 32.2. The normalized spacial score (nSPS) is 11.3. The van der Waals surface area contributed by atoms with Crippen LogP contribution >= 0.6 is 0 Å². The standard InChI is InChI=1S/C19H23FN2O3S/c1-16(23)22(15-18-9-5-6-10-19(18)20)13-12-21-26(24,25)14-11-17-7-3-2-4-8-17/h2-10,21H,11-15H2,1H3. The van der Waals surface area contributed by atoms with Crippen LogP contribution in [0.4, 0.5) is 4.39 Å². The van der Waals surface area contributed by atoms with Gasteiger partial charge in [-0.15, -0.1) is 0 Å². The molecule has 0 saturated carbocycles. The number of aryl methyl sites for hydroxylation is 1. The molecule has 7 heteroatoms. The minimum atomic E-state index is -3.44. The van der Waals surface area contributed by atoms with Crippen molar-refractivity contribution in [1.82, 2.24) is 9.62 Å². The molecule has 1 N–H and O–H groups in total. The summed E-state index contributed by atoms with van der Waals surface area (Å²) in [4.78, 5) is 13.2. The van der Waals surface area contributed by atoms with Crippen LogP contribution in [-0.2, 0) is 27.8 Å². The van der Waals surface area contributed by atoms with E-state index in [1.54, 1.807) is 18.2 Å². The van der Waals surface area contributed by atoms with Gasteiger partial charge in [0.25, 0.3) is 0 Å². The number of benzene rings is 2. The van der Waals surface area contributed by atoms with Crippen LogP contribution in [0.5, 0.6) is 0 Å². The minimum Gasteiger partial charge on any atom is -0.337 e. The average molecular weight is 378 g/mol. The van der Waals surface area contributed by atoms with Crippen LogP contribution in [-0.4, -0.2) is 38.1 Å². The molecule has 140 valence electrons. The second kappa shape index (κ2) is 9.45. The lowest BCUT2D eigenvalue weighted by molar-refractivity contribution is -0.129. The van der Waals surface area contributed by atoms with Crippen LogP contribution in [0.2, 0.25) is 0 Å². The number of hydrogen-bond acceptors (Lipinski definition) is 3. The number of hydrogen-bond donors (Lipinski definition) is 1. The van der Waals surface area contributed by atoms with Crippen LogP contribution in [0.3, 0.4) is 0 Å². The zero-order chi connectivity index (χ0) is 19.0. The van der Waals surface area contributed by atoms with E-state index in [4.69, 9.17) is 0 Å². The van der Waals surface area contributed by atoms with Crippen LogP contribution in [0.15, 0.2) is 54.6 Å². The van der Waals surface area contributed by atoms with E-state index in [9.17, 15) is 17.6 Å². The van der Waals surface area contributed by atoms with Crippen molar-refractivity contribution in [2.45, 2.75) is 19.9 Å². The smallest absolute Gasteiger partial charge is 0.219 e. The molecular weight excluding hydrogens is 355 g/mol. The molecule has 0 saturated heterocycles. The third kappa shape index (κ3) is 6.57. The second-order valence-electron chi connectivity index (χ2n) is 5.98. The van der Waals surface area contributed by atoms with E-state index in [2.05, 4.69) is 4.72 Å². The fraction of sp³-hybridized carbons (Fsp3) is 0.316. The quantitative estimate of drug-likeness (QED) is 0.728. The molecule has 0 bridgehead atoms. The molecule has 1 amide bonds. The molecule has 0 aliphatic heterocycles. The van der Waals surface area contributed by atoms with Crippen molar-refractivity contribution in [3.63, 3.8) is 0 Å². The Kier molecular flexibility index (Phi) is 7.29. The average Bonchev–Trinajstić information content (AvgIpc) is 2.61. The Hall–Kier alpha value is -2.25. The van der Waals surface area contributed by atoms with Gasteiger partial charge in [0.1, 0.15) is 5.82 Å². The van der Waals surface area contributed by atoms with Gasteiger partial charge in [-0.05, 0) is 18.1 Å². The Morgan fingerprint density at radius 3 is 2.38 bits per heavy atom. The minimum absolute atomic E-state index is 0.0234. The van der Waals surface area contributed by atoms with Crippen LogP contribution in [0.1, 0.15) is 18.1 Å². The molecule has 0 heterocycles. The van der Waals surface area contributed by atoms with Crippen molar-refractivity contribution >= 4 is 15.9 Å². The fourth-order valence-electron chi connectivity index (χ4n) is 2.49. The summed E-state index contributed by atoms with van der Waals surface area (Å²) < 4.78 is 40.4. The molecule has 2 aromatic carbocycles. The van der Waals surface area contributed by atoms with Gasteiger partial charge in [-0.2, -0.15) is 0 Å². The first-order chi connectivity index (χ1) is 12.4. The van der Waals surface area contributed by atoms with Gasteiger partial charge >= 0.3 is 0 Å². The lowest BCUT2D eigenvalue weighted by Gasteiger charge is -2.21. The summed E-state index contributed by atoms with van der Waals surface area (Å²) in [7, 11) is -3.44. The molecule has 0 spiro atoms. The SMILES string of the molecule is CC(=O)N(CCNS(=O)(=O)CCc1ccccc1)Cc1ccccc1F. The van der Waals surface area contributed by atoms with E-state index in [-0.39, 0.29) is 37.1 Å². The summed E-state index contributed by atoms with van der Waals surface area (Å²) in [6.07, 6.45) is 0.418.